The molecule has 0 bridgehead atoms. The molecule has 1 aromatic carbocycles. The molecule has 3 heterocycles. The van der Waals surface area contributed by atoms with Gasteiger partial charge in [-0.25, -0.2) is 24.0 Å². The number of benzene rings is 1. The highest BCUT2D eigenvalue weighted by molar-refractivity contribution is 5.33. The molecule has 1 N–H and O–H groups in total. The van der Waals surface area contributed by atoms with Crippen molar-refractivity contribution in [1.82, 2.24) is 29.6 Å². The van der Waals surface area contributed by atoms with Crippen LogP contribution in [0.3, 0.4) is 0 Å². The molecule has 2 aromatic heterocycles. The van der Waals surface area contributed by atoms with Gasteiger partial charge in [-0.3, -0.25) is 0 Å². The lowest BCUT2D eigenvalue weighted by Gasteiger charge is -2.22. The molecule has 4 rings (SSSR count). The Hall–Kier alpha value is -2.80. The monoisotopic (exact) mass is 336 g/mol. The highest BCUT2D eigenvalue weighted by atomic mass is 16.2. The molecule has 1 fully saturated rings. The highest BCUT2D eigenvalue weighted by Crippen LogP contribution is 2.22. The second kappa shape index (κ2) is 6.98. The summed E-state index contributed by atoms with van der Waals surface area (Å²) in [5.74, 6) is 1.61. The van der Waals surface area contributed by atoms with Gasteiger partial charge < -0.3 is 5.32 Å². The fourth-order valence-electron chi connectivity index (χ4n) is 3.23. The third-order valence-electron chi connectivity index (χ3n) is 4.45. The molecule has 0 saturated carbocycles. The van der Waals surface area contributed by atoms with Gasteiger partial charge in [-0.1, -0.05) is 18.2 Å². The molecule has 3 aromatic rings. The first-order chi connectivity index (χ1) is 12.3. The van der Waals surface area contributed by atoms with Crippen molar-refractivity contribution < 1.29 is 0 Å². The first-order valence-electron chi connectivity index (χ1n) is 8.55. The van der Waals surface area contributed by atoms with Crippen LogP contribution >= 0.6 is 0 Å². The van der Waals surface area contributed by atoms with E-state index in [0.717, 1.165) is 37.4 Å². The van der Waals surface area contributed by atoms with E-state index in [4.69, 9.17) is 0 Å². The van der Waals surface area contributed by atoms with Crippen LogP contribution < -0.4 is 11.0 Å². The van der Waals surface area contributed by atoms with Crippen molar-refractivity contribution in [3.05, 3.63) is 70.9 Å². The van der Waals surface area contributed by atoms with Gasteiger partial charge in [-0.15, -0.1) is 0 Å². The molecular formula is C18H20N6O. The Kier molecular flexibility index (Phi) is 4.39. The van der Waals surface area contributed by atoms with E-state index in [2.05, 4.69) is 20.4 Å². The summed E-state index contributed by atoms with van der Waals surface area (Å²) in [6, 6.07) is 11.4. The standard InChI is InChI=1S/C18H20N6O/c25-18-23(13-16-20-10-5-11-21-16)22-17(14-6-4-9-19-12-14)24(18)15-7-2-1-3-8-15/h1-3,5,7-8,10-11,14,19H,4,6,9,12-13H2/t14-/m0/s1. The van der Waals surface area contributed by atoms with Crippen LogP contribution in [0, 0.1) is 0 Å². The number of nitrogens with zero attached hydrogens (tertiary/aromatic N) is 5. The zero-order chi connectivity index (χ0) is 17.1. The molecule has 25 heavy (non-hydrogen) atoms. The summed E-state index contributed by atoms with van der Waals surface area (Å²) in [5, 5.41) is 8.05. The molecule has 1 aliphatic heterocycles. The van der Waals surface area contributed by atoms with E-state index in [9.17, 15) is 4.79 Å². The molecule has 7 nitrogen and oxygen atoms in total. The Balaban J connectivity index is 1.78. The van der Waals surface area contributed by atoms with Gasteiger partial charge in [-0.2, -0.15) is 5.10 Å². The molecule has 1 aliphatic rings. The molecule has 0 amide bonds. The van der Waals surface area contributed by atoms with Gasteiger partial charge in [0.2, 0.25) is 0 Å². The lowest BCUT2D eigenvalue weighted by Crippen LogP contribution is -2.31. The van der Waals surface area contributed by atoms with E-state index in [1.54, 1.807) is 23.0 Å². The van der Waals surface area contributed by atoms with Crippen LogP contribution in [0.5, 0.6) is 0 Å². The van der Waals surface area contributed by atoms with Crippen molar-refractivity contribution in [2.75, 3.05) is 13.1 Å². The maximum Gasteiger partial charge on any atom is 0.351 e. The first kappa shape index (κ1) is 15.7. The summed E-state index contributed by atoms with van der Waals surface area (Å²) in [5.41, 5.74) is 0.688. The lowest BCUT2D eigenvalue weighted by atomic mass is 9.99. The Morgan fingerprint density at radius 3 is 2.64 bits per heavy atom. The number of hydrogen-bond donors (Lipinski definition) is 1. The predicted molar refractivity (Wildman–Crippen MR) is 93.8 cm³/mol. The van der Waals surface area contributed by atoms with Gasteiger partial charge in [0.05, 0.1) is 5.69 Å². The van der Waals surface area contributed by atoms with Crippen LogP contribution in [0.25, 0.3) is 5.69 Å². The summed E-state index contributed by atoms with van der Waals surface area (Å²) < 4.78 is 3.19. The second-order valence-electron chi connectivity index (χ2n) is 6.18. The van der Waals surface area contributed by atoms with Gasteiger partial charge in [0, 0.05) is 24.9 Å². The van der Waals surface area contributed by atoms with Gasteiger partial charge in [0.1, 0.15) is 18.2 Å². The fourth-order valence-corrected chi connectivity index (χ4v) is 3.23. The van der Waals surface area contributed by atoms with E-state index in [1.165, 1.54) is 4.68 Å². The summed E-state index contributed by atoms with van der Waals surface area (Å²) in [6.45, 7) is 2.13. The number of nitrogens with one attached hydrogen (secondary N) is 1. The first-order valence-corrected chi connectivity index (χ1v) is 8.55. The third-order valence-corrected chi connectivity index (χ3v) is 4.45. The Labute approximate surface area is 145 Å². The van der Waals surface area contributed by atoms with Crippen LogP contribution in [0.2, 0.25) is 0 Å². The van der Waals surface area contributed by atoms with Crippen molar-refractivity contribution >= 4 is 0 Å². The van der Waals surface area contributed by atoms with Crippen molar-refractivity contribution in [2.45, 2.75) is 25.3 Å². The lowest BCUT2D eigenvalue weighted by molar-refractivity contribution is 0.439. The molecular weight excluding hydrogens is 316 g/mol. The van der Waals surface area contributed by atoms with E-state index in [-0.39, 0.29) is 18.2 Å². The number of aromatic nitrogens is 5. The van der Waals surface area contributed by atoms with Crippen LogP contribution in [-0.2, 0) is 6.54 Å². The zero-order valence-electron chi connectivity index (χ0n) is 13.9. The summed E-state index contributed by atoms with van der Waals surface area (Å²) >= 11 is 0. The van der Waals surface area contributed by atoms with E-state index < -0.39 is 0 Å². The van der Waals surface area contributed by atoms with Crippen LogP contribution in [0.1, 0.15) is 30.4 Å². The minimum atomic E-state index is -0.153. The topological polar surface area (TPSA) is 77.6 Å². The Morgan fingerprint density at radius 2 is 1.92 bits per heavy atom. The van der Waals surface area contributed by atoms with Crippen molar-refractivity contribution in [2.24, 2.45) is 0 Å². The Morgan fingerprint density at radius 1 is 1.12 bits per heavy atom. The van der Waals surface area contributed by atoms with E-state index >= 15 is 0 Å². The summed E-state index contributed by atoms with van der Waals surface area (Å²) in [6.07, 6.45) is 5.46. The van der Waals surface area contributed by atoms with Gasteiger partial charge in [0.25, 0.3) is 0 Å². The maximum absolute atomic E-state index is 13.0. The molecule has 128 valence electrons. The molecule has 0 radical (unpaired) electrons. The quantitative estimate of drug-likeness (QED) is 0.778. The molecule has 7 heteroatoms. The molecule has 1 atom stereocenters. The zero-order valence-corrected chi connectivity index (χ0v) is 13.9. The SMILES string of the molecule is O=c1n(Cc2ncccn2)nc([C@H]2CCCNC2)n1-c1ccccc1. The average molecular weight is 336 g/mol. The third kappa shape index (κ3) is 3.23. The van der Waals surface area contributed by atoms with Gasteiger partial charge in [-0.05, 0) is 37.6 Å². The number of piperidine rings is 1. The van der Waals surface area contributed by atoms with Crippen molar-refractivity contribution in [1.29, 1.82) is 0 Å². The minimum absolute atomic E-state index is 0.153. The molecule has 0 spiro atoms. The average Bonchev–Trinajstić information content (AvgIpc) is 3.00. The molecule has 0 aliphatic carbocycles. The Bertz CT molecular complexity index is 881. The van der Waals surface area contributed by atoms with Gasteiger partial charge >= 0.3 is 5.69 Å². The second-order valence-corrected chi connectivity index (χ2v) is 6.18. The number of rotatable bonds is 4. The summed E-state index contributed by atoms with van der Waals surface area (Å²) in [4.78, 5) is 21.4. The molecule has 1 saturated heterocycles. The van der Waals surface area contributed by atoms with Crippen LogP contribution in [0.4, 0.5) is 0 Å². The fraction of sp³-hybridized carbons (Fsp3) is 0.333. The smallest absolute Gasteiger partial charge is 0.316 e. The highest BCUT2D eigenvalue weighted by Gasteiger charge is 2.25. The summed E-state index contributed by atoms with van der Waals surface area (Å²) in [7, 11) is 0. The predicted octanol–water partition coefficient (Wildman–Crippen LogP) is 1.34. The number of para-hydroxylation sites is 1. The van der Waals surface area contributed by atoms with Crippen LogP contribution in [-0.4, -0.2) is 37.4 Å². The number of hydrogen-bond acceptors (Lipinski definition) is 5. The normalized spacial score (nSPS) is 17.5. The maximum atomic E-state index is 13.0. The van der Waals surface area contributed by atoms with Gasteiger partial charge in [0.15, 0.2) is 0 Å². The molecule has 0 unspecified atom stereocenters. The van der Waals surface area contributed by atoms with E-state index in [0.29, 0.717) is 5.82 Å². The minimum Gasteiger partial charge on any atom is -0.316 e. The van der Waals surface area contributed by atoms with E-state index in [1.807, 2.05) is 30.3 Å². The van der Waals surface area contributed by atoms with Crippen molar-refractivity contribution in [3.63, 3.8) is 0 Å². The largest absolute Gasteiger partial charge is 0.351 e. The van der Waals surface area contributed by atoms with Crippen LogP contribution in [0.15, 0.2) is 53.6 Å². The van der Waals surface area contributed by atoms with Crippen molar-refractivity contribution in [3.8, 4) is 5.69 Å².